The van der Waals surface area contributed by atoms with E-state index in [4.69, 9.17) is 0 Å². The van der Waals surface area contributed by atoms with Crippen LogP contribution in [0.1, 0.15) is 24.2 Å². The van der Waals surface area contributed by atoms with E-state index in [-0.39, 0.29) is 18.2 Å². The van der Waals surface area contributed by atoms with Gasteiger partial charge in [-0.2, -0.15) is 0 Å². The molecule has 1 aromatic carbocycles. The van der Waals surface area contributed by atoms with Crippen molar-refractivity contribution < 1.29 is 18.4 Å². The summed E-state index contributed by atoms with van der Waals surface area (Å²) in [6.07, 6.45) is 0.557. The summed E-state index contributed by atoms with van der Waals surface area (Å²) >= 11 is 0. The predicted octanol–water partition coefficient (Wildman–Crippen LogP) is 2.19. The molecule has 1 unspecified atom stereocenters. The maximum atomic E-state index is 13.3. The first kappa shape index (κ1) is 12.7. The molecule has 1 heterocycles. The average Bonchev–Trinajstić information content (AvgIpc) is 2.32. The lowest BCUT2D eigenvalue weighted by Gasteiger charge is -2.36. The number of aldehydes is 1. The van der Waals surface area contributed by atoms with Crippen molar-refractivity contribution in [2.45, 2.75) is 19.9 Å². The van der Waals surface area contributed by atoms with Crippen molar-refractivity contribution in [1.29, 1.82) is 0 Å². The molecule has 1 aliphatic rings. The fourth-order valence-corrected chi connectivity index (χ4v) is 2.16. The highest BCUT2D eigenvalue weighted by molar-refractivity contribution is 6.11. The minimum Gasteiger partial charge on any atom is -0.367 e. The van der Waals surface area contributed by atoms with Crippen molar-refractivity contribution in [1.82, 2.24) is 0 Å². The number of carbonyl (C=O) groups is 2. The Balaban J connectivity index is 2.60. The first-order valence-corrected chi connectivity index (χ1v) is 5.71. The molecule has 0 saturated heterocycles. The summed E-state index contributed by atoms with van der Waals surface area (Å²) in [6.45, 7) is 3.93. The molecule has 18 heavy (non-hydrogen) atoms. The summed E-state index contributed by atoms with van der Waals surface area (Å²) in [7, 11) is 0. The van der Waals surface area contributed by atoms with E-state index in [1.165, 1.54) is 0 Å². The topological polar surface area (TPSA) is 37.4 Å². The van der Waals surface area contributed by atoms with Crippen molar-refractivity contribution >= 4 is 17.8 Å². The van der Waals surface area contributed by atoms with Gasteiger partial charge in [0.2, 0.25) is 0 Å². The normalized spacial score (nSPS) is 19.1. The molecule has 3 nitrogen and oxygen atoms in total. The van der Waals surface area contributed by atoms with Crippen molar-refractivity contribution in [2.24, 2.45) is 5.92 Å². The Kier molecular flexibility index (Phi) is 3.15. The molecule has 0 fully saturated rings. The Hall–Kier alpha value is -1.78. The monoisotopic (exact) mass is 253 g/mol. The molecule has 1 aromatic rings. The van der Waals surface area contributed by atoms with Crippen LogP contribution in [0.4, 0.5) is 14.5 Å². The predicted molar refractivity (Wildman–Crippen MR) is 62.7 cm³/mol. The highest BCUT2D eigenvalue weighted by atomic mass is 19.2. The Bertz CT molecular complexity index is 514. The van der Waals surface area contributed by atoms with Gasteiger partial charge in [0, 0.05) is 24.2 Å². The highest BCUT2D eigenvalue weighted by Gasteiger charge is 2.33. The van der Waals surface area contributed by atoms with Crippen LogP contribution in [0, 0.1) is 17.6 Å². The molecule has 0 bridgehead atoms. The molecule has 5 heteroatoms. The van der Waals surface area contributed by atoms with Crippen LogP contribution < -0.4 is 4.90 Å². The quantitative estimate of drug-likeness (QED) is 0.599. The zero-order valence-electron chi connectivity index (χ0n) is 10.1. The molecule has 0 aromatic heterocycles. The molecule has 96 valence electrons. The van der Waals surface area contributed by atoms with Gasteiger partial charge in [0.1, 0.15) is 6.29 Å². The molecular weight excluding hydrogens is 240 g/mol. The first-order valence-electron chi connectivity index (χ1n) is 5.71. The van der Waals surface area contributed by atoms with E-state index in [0.717, 1.165) is 12.1 Å². The molecule has 0 saturated carbocycles. The van der Waals surface area contributed by atoms with Gasteiger partial charge in [-0.15, -0.1) is 0 Å². The van der Waals surface area contributed by atoms with Crippen molar-refractivity contribution in [3.8, 4) is 0 Å². The Labute approximate surface area is 103 Å². The van der Waals surface area contributed by atoms with Crippen LogP contribution in [-0.2, 0) is 4.79 Å². The van der Waals surface area contributed by atoms with Gasteiger partial charge in [-0.25, -0.2) is 8.78 Å². The van der Waals surface area contributed by atoms with Crippen LogP contribution in [0.2, 0.25) is 0 Å². The van der Waals surface area contributed by atoms with E-state index in [0.29, 0.717) is 12.0 Å². The number of nitrogens with zero attached hydrogens (tertiary/aromatic N) is 1. The molecule has 2 rings (SSSR count). The molecule has 0 amide bonds. The summed E-state index contributed by atoms with van der Waals surface area (Å²) in [5.41, 5.74) is 0.429. The lowest BCUT2D eigenvalue weighted by molar-refractivity contribution is -0.109. The van der Waals surface area contributed by atoms with Crippen LogP contribution in [0.3, 0.4) is 0 Å². The average molecular weight is 253 g/mol. The third kappa shape index (κ3) is 1.89. The van der Waals surface area contributed by atoms with Gasteiger partial charge < -0.3 is 9.69 Å². The summed E-state index contributed by atoms with van der Waals surface area (Å²) in [5, 5.41) is 0. The largest absolute Gasteiger partial charge is 0.367 e. The van der Waals surface area contributed by atoms with E-state index >= 15 is 0 Å². The van der Waals surface area contributed by atoms with Crippen LogP contribution in [0.5, 0.6) is 0 Å². The zero-order valence-corrected chi connectivity index (χ0v) is 10.1. The number of hydrogen-bond acceptors (Lipinski definition) is 3. The lowest BCUT2D eigenvalue weighted by Crippen LogP contribution is -2.43. The second-order valence-electron chi connectivity index (χ2n) is 4.64. The number of benzene rings is 1. The number of halogens is 2. The number of rotatable bonds is 2. The number of Topliss-reactive ketones (excluding diaryl/α,β-unsaturated/α-hetero) is 1. The Morgan fingerprint density at radius 3 is 2.50 bits per heavy atom. The van der Waals surface area contributed by atoms with Crippen molar-refractivity contribution in [2.75, 3.05) is 11.4 Å². The van der Waals surface area contributed by atoms with Crippen molar-refractivity contribution in [3.63, 3.8) is 0 Å². The second-order valence-corrected chi connectivity index (χ2v) is 4.64. The first-order chi connectivity index (χ1) is 8.45. The molecule has 0 aliphatic carbocycles. The fourth-order valence-electron chi connectivity index (χ4n) is 2.16. The van der Waals surface area contributed by atoms with Gasteiger partial charge in [0.15, 0.2) is 17.4 Å². The van der Waals surface area contributed by atoms with Crippen LogP contribution in [0.15, 0.2) is 12.1 Å². The van der Waals surface area contributed by atoms with E-state index in [2.05, 4.69) is 0 Å². The Morgan fingerprint density at radius 2 is 1.94 bits per heavy atom. The van der Waals surface area contributed by atoms with E-state index in [9.17, 15) is 18.4 Å². The maximum Gasteiger partial charge on any atom is 0.177 e. The summed E-state index contributed by atoms with van der Waals surface area (Å²) in [6, 6.07) is 1.88. The van der Waals surface area contributed by atoms with Gasteiger partial charge >= 0.3 is 0 Å². The highest BCUT2D eigenvalue weighted by Crippen LogP contribution is 2.32. The third-order valence-corrected chi connectivity index (χ3v) is 3.13. The number of ketones is 1. The number of carbonyl (C=O) groups excluding carboxylic acids is 2. The zero-order chi connectivity index (χ0) is 13.4. The van der Waals surface area contributed by atoms with Gasteiger partial charge in [-0.1, -0.05) is 0 Å². The molecular formula is C13H13F2NO2. The molecule has 1 atom stereocenters. The SMILES string of the molecule is CC(C)N1CC(C=O)C(=O)c2cc(F)c(F)cc21. The molecule has 0 radical (unpaired) electrons. The third-order valence-electron chi connectivity index (χ3n) is 3.13. The molecule has 0 N–H and O–H groups in total. The standard InChI is InChI=1S/C13H13F2NO2/c1-7(2)16-5-8(6-17)13(18)9-3-10(14)11(15)4-12(9)16/h3-4,6-8H,5H2,1-2H3. The Morgan fingerprint density at radius 1 is 1.33 bits per heavy atom. The van der Waals surface area contributed by atoms with Gasteiger partial charge in [-0.05, 0) is 19.9 Å². The summed E-state index contributed by atoms with van der Waals surface area (Å²) in [5.74, 6) is -3.32. The number of hydrogen-bond donors (Lipinski definition) is 0. The van der Waals surface area contributed by atoms with E-state index in [1.807, 2.05) is 13.8 Å². The molecule has 0 spiro atoms. The second kappa shape index (κ2) is 4.48. The minimum absolute atomic E-state index is 0.0100. The molecule has 1 aliphatic heterocycles. The van der Waals surface area contributed by atoms with Gasteiger partial charge in [0.25, 0.3) is 0 Å². The van der Waals surface area contributed by atoms with Gasteiger partial charge in [0.05, 0.1) is 11.6 Å². The van der Waals surface area contributed by atoms with Crippen LogP contribution >= 0.6 is 0 Å². The number of anilines is 1. The minimum atomic E-state index is -1.07. The van der Waals surface area contributed by atoms with Crippen molar-refractivity contribution in [3.05, 3.63) is 29.3 Å². The lowest BCUT2D eigenvalue weighted by atomic mass is 9.91. The fraction of sp³-hybridized carbons (Fsp3) is 0.385. The van der Waals surface area contributed by atoms with E-state index in [1.54, 1.807) is 4.90 Å². The summed E-state index contributed by atoms with van der Waals surface area (Å²) in [4.78, 5) is 24.6. The van der Waals surface area contributed by atoms with Crippen LogP contribution in [-0.4, -0.2) is 24.7 Å². The van der Waals surface area contributed by atoms with Crippen LogP contribution in [0.25, 0.3) is 0 Å². The summed E-state index contributed by atoms with van der Waals surface area (Å²) < 4.78 is 26.5. The smallest absolute Gasteiger partial charge is 0.177 e. The van der Waals surface area contributed by atoms with Gasteiger partial charge in [-0.3, -0.25) is 4.79 Å². The number of fused-ring (bicyclic) bond motifs is 1. The maximum absolute atomic E-state index is 13.3. The van der Waals surface area contributed by atoms with E-state index < -0.39 is 23.3 Å².